The number of methoxy groups -OCH3 is 1. The Balaban J connectivity index is 0.00000196. The third-order valence-electron chi connectivity index (χ3n) is 4.86. The van der Waals surface area contributed by atoms with E-state index in [4.69, 9.17) is 9.72 Å². The van der Waals surface area contributed by atoms with E-state index in [1.807, 2.05) is 18.2 Å². The van der Waals surface area contributed by atoms with Gasteiger partial charge < -0.3 is 9.64 Å². The summed E-state index contributed by atoms with van der Waals surface area (Å²) in [6.07, 6.45) is 1.67. The van der Waals surface area contributed by atoms with Crippen molar-refractivity contribution in [3.63, 3.8) is 0 Å². The van der Waals surface area contributed by atoms with E-state index in [-0.39, 0.29) is 24.3 Å². The van der Waals surface area contributed by atoms with Gasteiger partial charge in [0.2, 0.25) is 0 Å². The molecule has 26 heavy (non-hydrogen) atoms. The van der Waals surface area contributed by atoms with Gasteiger partial charge in [-0.05, 0) is 30.4 Å². The van der Waals surface area contributed by atoms with Crippen molar-refractivity contribution in [3.05, 3.63) is 47.8 Å². The number of benzene rings is 1. The van der Waals surface area contributed by atoms with Crippen molar-refractivity contribution in [1.82, 2.24) is 4.98 Å². The second kappa shape index (κ2) is 8.06. The molecule has 4 nitrogen and oxygen atoms in total. The first-order valence-electron chi connectivity index (χ1n) is 8.52. The predicted octanol–water partition coefficient (Wildman–Crippen LogP) is 4.77. The van der Waals surface area contributed by atoms with Gasteiger partial charge in [-0.3, -0.25) is 4.79 Å². The van der Waals surface area contributed by atoms with E-state index in [0.717, 1.165) is 42.0 Å². The molecule has 0 bridgehead atoms. The van der Waals surface area contributed by atoms with Gasteiger partial charge in [-0.1, -0.05) is 30.3 Å². The van der Waals surface area contributed by atoms with Crippen molar-refractivity contribution < 1.29 is 9.53 Å². The molecule has 6 heteroatoms. The number of rotatable bonds is 3. The van der Waals surface area contributed by atoms with Gasteiger partial charge in [0.1, 0.15) is 4.83 Å². The fourth-order valence-corrected chi connectivity index (χ4v) is 4.26. The molecule has 0 amide bonds. The molecule has 0 radical (unpaired) electrons. The van der Waals surface area contributed by atoms with Gasteiger partial charge in [0, 0.05) is 29.7 Å². The molecule has 0 unspecified atom stereocenters. The average Bonchev–Trinajstić information content (AvgIpc) is 3.16. The summed E-state index contributed by atoms with van der Waals surface area (Å²) in [6.45, 7) is 1.73. The highest BCUT2D eigenvalue weighted by Crippen LogP contribution is 2.35. The summed E-state index contributed by atoms with van der Waals surface area (Å²) in [6, 6.07) is 14.6. The van der Waals surface area contributed by atoms with Gasteiger partial charge in [0.25, 0.3) is 0 Å². The summed E-state index contributed by atoms with van der Waals surface area (Å²) in [4.78, 5) is 20.0. The highest BCUT2D eigenvalue weighted by molar-refractivity contribution is 7.16. The highest BCUT2D eigenvalue weighted by Gasteiger charge is 2.27. The van der Waals surface area contributed by atoms with Crippen molar-refractivity contribution >= 4 is 45.6 Å². The smallest absolute Gasteiger partial charge is 0.308 e. The Labute approximate surface area is 163 Å². The van der Waals surface area contributed by atoms with E-state index in [1.165, 1.54) is 18.2 Å². The number of hydrogen-bond acceptors (Lipinski definition) is 5. The Hall–Kier alpha value is -2.11. The van der Waals surface area contributed by atoms with Crippen LogP contribution in [-0.4, -0.2) is 31.2 Å². The fraction of sp³-hybridized carbons (Fsp3) is 0.300. The molecular formula is C20H21ClN2O2S. The second-order valence-electron chi connectivity index (χ2n) is 6.32. The zero-order valence-electron chi connectivity index (χ0n) is 14.6. The van der Waals surface area contributed by atoms with Gasteiger partial charge in [-0.15, -0.1) is 23.7 Å². The minimum atomic E-state index is -0.0833. The van der Waals surface area contributed by atoms with E-state index in [1.54, 1.807) is 11.3 Å². The van der Waals surface area contributed by atoms with E-state index < -0.39 is 0 Å². The molecule has 1 aliphatic heterocycles. The lowest BCUT2D eigenvalue weighted by Crippen LogP contribution is -2.36. The lowest BCUT2D eigenvalue weighted by atomic mass is 9.96. The Morgan fingerprint density at radius 2 is 1.92 bits per heavy atom. The number of aromatic nitrogens is 1. The summed E-state index contributed by atoms with van der Waals surface area (Å²) >= 11 is 1.67. The van der Waals surface area contributed by atoms with Gasteiger partial charge >= 0.3 is 5.97 Å². The molecule has 0 aliphatic carbocycles. The lowest BCUT2D eigenvalue weighted by Gasteiger charge is -2.33. The first kappa shape index (κ1) is 18.7. The second-order valence-corrected chi connectivity index (χ2v) is 7.21. The first-order valence-corrected chi connectivity index (χ1v) is 9.40. The minimum Gasteiger partial charge on any atom is -0.469 e. The minimum absolute atomic E-state index is 0. The number of thiophene rings is 1. The molecule has 1 aromatic carbocycles. The van der Waals surface area contributed by atoms with Crippen LogP contribution in [0.15, 0.2) is 47.8 Å². The summed E-state index contributed by atoms with van der Waals surface area (Å²) in [5.74, 6) is -0.0605. The van der Waals surface area contributed by atoms with Gasteiger partial charge in [0.05, 0.1) is 18.7 Å². The molecule has 0 spiro atoms. The maximum Gasteiger partial charge on any atom is 0.308 e. The molecule has 1 aliphatic rings. The zero-order valence-corrected chi connectivity index (χ0v) is 16.2. The van der Waals surface area contributed by atoms with Crippen LogP contribution in [0.4, 0.5) is 5.69 Å². The van der Waals surface area contributed by atoms with Crippen LogP contribution in [0, 0.1) is 5.92 Å². The molecular weight excluding hydrogens is 368 g/mol. The van der Waals surface area contributed by atoms with Crippen LogP contribution in [-0.2, 0) is 9.53 Å². The van der Waals surface area contributed by atoms with Crippen molar-refractivity contribution in [2.75, 3.05) is 25.1 Å². The Bertz CT molecular complexity index is 889. The number of nitrogens with zero attached hydrogens (tertiary/aromatic N) is 2. The Morgan fingerprint density at radius 3 is 2.62 bits per heavy atom. The Morgan fingerprint density at radius 1 is 1.19 bits per heavy atom. The maximum atomic E-state index is 11.8. The highest BCUT2D eigenvalue weighted by atomic mass is 35.5. The van der Waals surface area contributed by atoms with Crippen LogP contribution in [0.3, 0.4) is 0 Å². The molecule has 0 saturated carbocycles. The normalized spacial score (nSPS) is 14.9. The molecule has 0 atom stereocenters. The van der Waals surface area contributed by atoms with Crippen LogP contribution in [0.25, 0.3) is 21.5 Å². The number of ether oxygens (including phenoxy) is 1. The standard InChI is InChI=1S/C20H20N2O2S.ClH/c1-24-20(23)15-7-10-22(11-8-15)18-13-17(14-5-3-2-4-6-14)21-19-16(18)9-12-25-19;/h2-6,9,12-13,15H,7-8,10-11H2,1H3;1H. The number of pyridine rings is 1. The molecule has 3 heterocycles. The Kier molecular flexibility index (Phi) is 5.79. The van der Waals surface area contributed by atoms with Crippen molar-refractivity contribution in [3.8, 4) is 11.3 Å². The predicted molar refractivity (Wildman–Crippen MR) is 109 cm³/mol. The fourth-order valence-electron chi connectivity index (χ4n) is 3.47. The monoisotopic (exact) mass is 388 g/mol. The topological polar surface area (TPSA) is 42.4 Å². The molecule has 136 valence electrons. The molecule has 2 aromatic heterocycles. The number of piperidine rings is 1. The van der Waals surface area contributed by atoms with Crippen LogP contribution >= 0.6 is 23.7 Å². The SMILES string of the molecule is COC(=O)C1CCN(c2cc(-c3ccccc3)nc3sccc23)CC1.Cl. The van der Waals surface area contributed by atoms with Crippen LogP contribution in [0.2, 0.25) is 0 Å². The van der Waals surface area contributed by atoms with Gasteiger partial charge in [-0.2, -0.15) is 0 Å². The van der Waals surface area contributed by atoms with E-state index >= 15 is 0 Å². The van der Waals surface area contributed by atoms with E-state index in [0.29, 0.717) is 0 Å². The molecule has 0 N–H and O–H groups in total. The van der Waals surface area contributed by atoms with Gasteiger partial charge in [0.15, 0.2) is 0 Å². The number of carbonyl (C=O) groups excluding carboxylic acids is 1. The summed E-state index contributed by atoms with van der Waals surface area (Å²) in [7, 11) is 1.47. The average molecular weight is 389 g/mol. The number of halogens is 1. The molecule has 1 saturated heterocycles. The molecule has 4 rings (SSSR count). The number of fused-ring (bicyclic) bond motifs is 1. The summed E-state index contributed by atoms with van der Waals surface area (Å²) in [5, 5.41) is 3.29. The van der Waals surface area contributed by atoms with Gasteiger partial charge in [-0.25, -0.2) is 4.98 Å². The van der Waals surface area contributed by atoms with Crippen LogP contribution in [0.1, 0.15) is 12.8 Å². The van der Waals surface area contributed by atoms with Crippen molar-refractivity contribution in [1.29, 1.82) is 0 Å². The lowest BCUT2D eigenvalue weighted by molar-refractivity contribution is -0.146. The van der Waals surface area contributed by atoms with Crippen LogP contribution in [0.5, 0.6) is 0 Å². The number of esters is 1. The summed E-state index contributed by atoms with van der Waals surface area (Å²) < 4.78 is 4.90. The molecule has 1 fully saturated rings. The number of hydrogen-bond donors (Lipinski definition) is 0. The third kappa shape index (κ3) is 3.55. The number of carbonyl (C=O) groups is 1. The largest absolute Gasteiger partial charge is 0.469 e. The maximum absolute atomic E-state index is 11.8. The van der Waals surface area contributed by atoms with Crippen molar-refractivity contribution in [2.24, 2.45) is 5.92 Å². The van der Waals surface area contributed by atoms with E-state index in [2.05, 4.69) is 34.5 Å². The first-order chi connectivity index (χ1) is 12.3. The van der Waals surface area contributed by atoms with Crippen molar-refractivity contribution in [2.45, 2.75) is 12.8 Å². The van der Waals surface area contributed by atoms with Crippen LogP contribution < -0.4 is 4.90 Å². The summed E-state index contributed by atoms with van der Waals surface area (Å²) in [5.41, 5.74) is 3.34. The third-order valence-corrected chi connectivity index (χ3v) is 5.66. The molecule has 3 aromatic rings. The number of anilines is 1. The van der Waals surface area contributed by atoms with E-state index in [9.17, 15) is 4.79 Å². The quantitative estimate of drug-likeness (QED) is 0.606. The zero-order chi connectivity index (χ0) is 17.2.